The first-order valence-corrected chi connectivity index (χ1v) is 21.6. The number of ketones is 1. The Labute approximate surface area is 347 Å². The lowest BCUT2D eigenvalue weighted by atomic mass is 9.73. The van der Waals surface area contributed by atoms with Crippen LogP contribution in [0.4, 0.5) is 4.79 Å². The summed E-state index contributed by atoms with van der Waals surface area (Å²) in [6.45, 7) is 15.3. The number of hydrazine groups is 1. The average Bonchev–Trinajstić information content (AvgIpc) is 3.78. The number of carbonyl (C=O) groups excluding carboxylic acids is 3. The number of nitrogens with zero attached hydrogens (tertiary/aromatic N) is 5. The summed E-state index contributed by atoms with van der Waals surface area (Å²) >= 11 is 1.65. The highest BCUT2D eigenvalue weighted by molar-refractivity contribution is 7.15. The Morgan fingerprint density at radius 1 is 1.05 bits per heavy atom. The molecule has 58 heavy (non-hydrogen) atoms. The minimum absolute atomic E-state index is 0.225. The molecule has 2 bridgehead atoms. The number of aliphatic hydroxyl groups is 1. The van der Waals surface area contributed by atoms with Crippen molar-refractivity contribution in [3.8, 4) is 10.6 Å². The van der Waals surface area contributed by atoms with E-state index < -0.39 is 71.5 Å². The van der Waals surface area contributed by atoms with Crippen molar-refractivity contribution >= 4 is 34.9 Å². The number of hydrazone groups is 1. The summed E-state index contributed by atoms with van der Waals surface area (Å²) in [6, 6.07) is 9.25. The van der Waals surface area contributed by atoms with Crippen LogP contribution < -0.4 is 0 Å². The van der Waals surface area contributed by atoms with E-state index in [0.717, 1.165) is 27.6 Å². The van der Waals surface area contributed by atoms with Crippen LogP contribution in [0.3, 0.4) is 0 Å². The number of thiazole rings is 1. The third-order valence-electron chi connectivity index (χ3n) is 12.9. The molecule has 6 rings (SSSR count). The van der Waals surface area contributed by atoms with Crippen LogP contribution in [0.1, 0.15) is 86.0 Å². The number of ether oxygens (including phenoxy) is 5. The summed E-state index contributed by atoms with van der Waals surface area (Å²) in [6.07, 6.45) is -0.0621. The molecule has 1 aromatic heterocycles. The van der Waals surface area contributed by atoms with E-state index in [1.165, 1.54) is 6.92 Å². The van der Waals surface area contributed by atoms with Crippen LogP contribution in [0, 0.1) is 23.7 Å². The predicted molar refractivity (Wildman–Crippen MR) is 220 cm³/mol. The van der Waals surface area contributed by atoms with Crippen LogP contribution in [0.15, 0.2) is 41.6 Å². The maximum absolute atomic E-state index is 14.4. The minimum Gasteiger partial charge on any atom is -0.457 e. The first-order valence-electron chi connectivity index (χ1n) is 20.8. The number of carbonyl (C=O) groups is 3. The fourth-order valence-electron chi connectivity index (χ4n) is 9.65. The molecule has 320 valence electrons. The molecule has 1 unspecified atom stereocenters. The molecular weight excluding hydrogens is 763 g/mol. The molecule has 15 heteroatoms. The number of cyclic esters (lactones) is 1. The fraction of sp³-hybridized carbons (Fsp3) is 0.698. The SMILES string of the molecule is CC[C@H]1OC(=O)[C@H](C)C(=O)[C@H](C)[C@@H](O[C@H]2O[C@@H](C)C[C@@H](N(C)C)[C@@H]2O)C(C)(OC)C[C@@H](C)C2=NN(CCCc3cnc(-c4ccccc4)s3)N3C(=O)O[C@@]1(C)[C@H]3[C@H]2C. The summed E-state index contributed by atoms with van der Waals surface area (Å²) in [5.74, 6) is -3.74. The van der Waals surface area contributed by atoms with Gasteiger partial charge in [-0.05, 0) is 79.8 Å². The lowest BCUT2D eigenvalue weighted by molar-refractivity contribution is -0.295. The van der Waals surface area contributed by atoms with Crippen LogP contribution in [-0.4, -0.2) is 130 Å². The van der Waals surface area contributed by atoms with Crippen LogP contribution in [0.25, 0.3) is 10.6 Å². The van der Waals surface area contributed by atoms with Crippen LogP contribution in [0.5, 0.6) is 0 Å². The van der Waals surface area contributed by atoms with Gasteiger partial charge >= 0.3 is 12.1 Å². The Kier molecular flexibility index (Phi) is 13.4. The second-order valence-electron chi connectivity index (χ2n) is 17.3. The van der Waals surface area contributed by atoms with Gasteiger partial charge in [0.2, 0.25) is 0 Å². The van der Waals surface area contributed by atoms with E-state index in [2.05, 4.69) is 11.9 Å². The van der Waals surface area contributed by atoms with Crippen LogP contribution in [0.2, 0.25) is 0 Å². The first-order chi connectivity index (χ1) is 27.4. The van der Waals surface area contributed by atoms with Crippen LogP contribution >= 0.6 is 11.3 Å². The standard InChI is InChI=1S/C43H63N5O9S/c1-12-32-43(8)36-26(4)33(45-47(48(36)41(52)57-43)20-16-19-30-23-44-38(58-30)29-17-14-13-15-18-29)24(2)22-42(7,53-11)37(27(5)34(49)28(6)39(51)55-32)56-40-35(50)31(46(9)10)21-25(3)54-40/h13-15,17-18,23-28,31-32,35-37,40,50H,12,16,19-22H2,1-11H3/t24-,25+,26+,27+,28-,31-,32-,35+,36-,37-,40-,42?,43-/m1/s1. The van der Waals surface area contributed by atoms with Gasteiger partial charge in [-0.2, -0.15) is 15.2 Å². The molecule has 4 aliphatic rings. The molecule has 1 aromatic carbocycles. The van der Waals surface area contributed by atoms with Gasteiger partial charge in [0.25, 0.3) is 0 Å². The smallest absolute Gasteiger partial charge is 0.431 e. The number of aromatic nitrogens is 1. The Morgan fingerprint density at radius 3 is 2.41 bits per heavy atom. The van der Waals surface area contributed by atoms with E-state index >= 15 is 0 Å². The van der Waals surface area contributed by atoms with E-state index in [1.807, 2.05) is 90.1 Å². The number of hydrogen-bond donors (Lipinski definition) is 1. The third-order valence-corrected chi connectivity index (χ3v) is 14.0. The highest BCUT2D eigenvalue weighted by Gasteiger charge is 2.63. The number of aryl methyl sites for hydroxylation is 1. The van der Waals surface area contributed by atoms with Crippen molar-refractivity contribution in [1.29, 1.82) is 0 Å². The normalized spacial score (nSPS) is 37.4. The molecule has 4 aliphatic heterocycles. The van der Waals surface area contributed by atoms with Crippen LogP contribution in [-0.2, 0) is 39.7 Å². The van der Waals surface area contributed by atoms with E-state index in [0.29, 0.717) is 32.2 Å². The molecule has 2 aromatic rings. The topological polar surface area (TPSA) is 153 Å². The second kappa shape index (κ2) is 17.6. The molecule has 0 spiro atoms. The lowest BCUT2D eigenvalue weighted by Crippen LogP contribution is -2.63. The largest absolute Gasteiger partial charge is 0.457 e. The summed E-state index contributed by atoms with van der Waals surface area (Å²) in [7, 11) is 5.39. The summed E-state index contributed by atoms with van der Waals surface area (Å²) in [5, 5.41) is 21.0. The summed E-state index contributed by atoms with van der Waals surface area (Å²) in [4.78, 5) is 50.1. The minimum atomic E-state index is -1.26. The van der Waals surface area contributed by atoms with Gasteiger partial charge in [0.15, 0.2) is 17.7 Å². The quantitative estimate of drug-likeness (QED) is 0.222. The van der Waals surface area contributed by atoms with Gasteiger partial charge in [-0.1, -0.05) is 58.0 Å². The van der Waals surface area contributed by atoms with Crippen molar-refractivity contribution in [2.24, 2.45) is 28.8 Å². The Hall–Kier alpha value is -3.47. The Balaban J connectivity index is 1.37. The maximum Gasteiger partial charge on any atom is 0.431 e. The number of benzene rings is 1. The molecule has 3 saturated heterocycles. The van der Waals surface area contributed by atoms with Crippen molar-refractivity contribution in [2.45, 2.75) is 141 Å². The van der Waals surface area contributed by atoms with E-state index in [4.69, 9.17) is 28.8 Å². The number of methoxy groups -OCH3 is 1. The Bertz CT molecular complexity index is 1810. The molecule has 1 N–H and O–H groups in total. The molecule has 0 aliphatic carbocycles. The zero-order valence-corrected chi connectivity index (χ0v) is 36.7. The molecule has 0 saturated carbocycles. The van der Waals surface area contributed by atoms with Crippen molar-refractivity contribution in [3.05, 3.63) is 41.4 Å². The average molecular weight is 826 g/mol. The molecule has 13 atom stereocenters. The number of fused-ring (bicyclic) bond motifs is 1. The number of esters is 1. The molecule has 14 nitrogen and oxygen atoms in total. The van der Waals surface area contributed by atoms with Crippen molar-refractivity contribution in [2.75, 3.05) is 27.7 Å². The van der Waals surface area contributed by atoms with E-state index in [9.17, 15) is 19.5 Å². The van der Waals surface area contributed by atoms with Gasteiger partial charge in [0, 0.05) is 47.3 Å². The molecule has 5 heterocycles. The van der Waals surface area contributed by atoms with Gasteiger partial charge < -0.3 is 33.7 Å². The van der Waals surface area contributed by atoms with Crippen molar-refractivity contribution in [1.82, 2.24) is 20.0 Å². The monoisotopic (exact) mass is 825 g/mol. The molecule has 1 amide bonds. The number of hydrogen-bond acceptors (Lipinski definition) is 14. The van der Waals surface area contributed by atoms with E-state index in [-0.39, 0.29) is 24.0 Å². The number of aliphatic hydroxyl groups excluding tert-OH is 1. The Morgan fingerprint density at radius 2 is 1.76 bits per heavy atom. The van der Waals surface area contributed by atoms with Gasteiger partial charge in [0.05, 0.1) is 24.4 Å². The number of amides is 1. The molecular formula is C43H63N5O9S. The summed E-state index contributed by atoms with van der Waals surface area (Å²) < 4.78 is 31.8. The summed E-state index contributed by atoms with van der Waals surface area (Å²) in [5.41, 5.74) is -0.509. The van der Waals surface area contributed by atoms with E-state index in [1.54, 1.807) is 35.5 Å². The van der Waals surface area contributed by atoms with Crippen molar-refractivity contribution in [3.63, 3.8) is 0 Å². The number of likely N-dealkylation sites (N-methyl/N-ethyl adjacent to an activating group) is 1. The van der Waals surface area contributed by atoms with Gasteiger partial charge in [-0.3, -0.25) is 9.59 Å². The lowest BCUT2D eigenvalue weighted by Gasteiger charge is -2.49. The van der Waals surface area contributed by atoms with Gasteiger partial charge in [-0.25, -0.2) is 9.78 Å². The maximum atomic E-state index is 14.4. The zero-order valence-electron chi connectivity index (χ0n) is 35.9. The molecule has 3 fully saturated rings. The number of Topliss-reactive ketones (excluding diaryl/α,β-unsaturated/α-hetero) is 1. The van der Waals surface area contributed by atoms with Gasteiger partial charge in [0.1, 0.15) is 29.2 Å². The molecule has 0 radical (unpaired) electrons. The second-order valence-corrected chi connectivity index (χ2v) is 18.5. The number of rotatable bonds is 10. The van der Waals surface area contributed by atoms with Crippen molar-refractivity contribution < 1.29 is 43.2 Å². The highest BCUT2D eigenvalue weighted by Crippen LogP contribution is 2.46. The fourth-order valence-corrected chi connectivity index (χ4v) is 10.6. The predicted octanol–water partition coefficient (Wildman–Crippen LogP) is 5.96. The first kappa shape index (κ1) is 44.1. The highest BCUT2D eigenvalue weighted by atomic mass is 32.1. The third kappa shape index (κ3) is 8.44. The zero-order chi connectivity index (χ0) is 42.3. The van der Waals surface area contributed by atoms with Gasteiger partial charge in [-0.15, -0.1) is 11.3 Å².